The Labute approximate surface area is 165 Å². The molecule has 152 valence electrons. The minimum Gasteiger partial charge on any atom is -0.374 e. The summed E-state index contributed by atoms with van der Waals surface area (Å²) >= 11 is 6.18. The fraction of sp³-hybridized carbons (Fsp3) is 0.474. The Balaban J connectivity index is 1.82. The Morgan fingerprint density at radius 3 is 2.68 bits per heavy atom. The second-order valence-electron chi connectivity index (χ2n) is 7.08. The number of aromatic nitrogens is 2. The minimum absolute atomic E-state index is 0.258. The molecule has 1 aromatic heterocycles. The maximum absolute atomic E-state index is 13.7. The Hall–Kier alpha value is -2.06. The van der Waals surface area contributed by atoms with Gasteiger partial charge >= 0.3 is 6.18 Å². The molecule has 9 heteroatoms. The van der Waals surface area contributed by atoms with Crippen LogP contribution in [0, 0.1) is 0 Å². The van der Waals surface area contributed by atoms with E-state index in [1.807, 2.05) is 12.1 Å². The van der Waals surface area contributed by atoms with Gasteiger partial charge in [0.1, 0.15) is 0 Å². The van der Waals surface area contributed by atoms with Crippen molar-refractivity contribution in [2.24, 2.45) is 7.05 Å². The lowest BCUT2D eigenvalue weighted by Gasteiger charge is -2.32. The zero-order valence-corrected chi connectivity index (χ0v) is 16.0. The predicted octanol–water partition coefficient (Wildman–Crippen LogP) is 3.45. The van der Waals surface area contributed by atoms with Crippen LogP contribution in [0.5, 0.6) is 0 Å². The Morgan fingerprint density at radius 1 is 1.36 bits per heavy atom. The molecule has 2 unspecified atom stereocenters. The van der Waals surface area contributed by atoms with E-state index in [9.17, 15) is 23.1 Å². The summed E-state index contributed by atoms with van der Waals surface area (Å²) in [5, 5.41) is 11.0. The monoisotopic (exact) mass is 415 g/mol. The predicted molar refractivity (Wildman–Crippen MR) is 97.7 cm³/mol. The van der Waals surface area contributed by atoms with Gasteiger partial charge in [-0.25, -0.2) is 4.98 Å². The number of imidazole rings is 1. The number of amides is 1. The van der Waals surface area contributed by atoms with Crippen LogP contribution in [0.25, 0.3) is 0 Å². The number of carbonyl (C=O) groups excluding carboxylic acids is 1. The highest BCUT2D eigenvalue weighted by molar-refractivity contribution is 6.31. The average molecular weight is 416 g/mol. The molecule has 1 aliphatic heterocycles. The maximum Gasteiger partial charge on any atom is 0.425 e. The second kappa shape index (κ2) is 7.75. The fourth-order valence-corrected chi connectivity index (χ4v) is 3.90. The van der Waals surface area contributed by atoms with Crippen LogP contribution in [-0.4, -0.2) is 44.2 Å². The zero-order valence-electron chi connectivity index (χ0n) is 15.3. The van der Waals surface area contributed by atoms with Gasteiger partial charge in [-0.2, -0.15) is 13.2 Å². The van der Waals surface area contributed by atoms with Crippen molar-refractivity contribution in [1.29, 1.82) is 0 Å². The number of alkyl halides is 3. The van der Waals surface area contributed by atoms with Crippen LogP contribution in [-0.2, 0) is 23.9 Å². The average Bonchev–Trinajstić information content (AvgIpc) is 3.25. The van der Waals surface area contributed by atoms with Gasteiger partial charge in [-0.3, -0.25) is 4.79 Å². The Bertz CT molecular complexity index is 855. The maximum atomic E-state index is 13.7. The number of carbonyl (C=O) groups is 1. The van der Waals surface area contributed by atoms with Gasteiger partial charge in [0.2, 0.25) is 11.5 Å². The lowest BCUT2D eigenvalue weighted by atomic mass is 9.96. The summed E-state index contributed by atoms with van der Waals surface area (Å²) in [4.78, 5) is 17.9. The molecule has 1 aromatic carbocycles. The molecule has 0 spiro atoms. The van der Waals surface area contributed by atoms with Gasteiger partial charge in [-0.1, -0.05) is 29.8 Å². The first-order chi connectivity index (χ1) is 13.1. The van der Waals surface area contributed by atoms with E-state index in [1.54, 1.807) is 12.1 Å². The first-order valence-corrected chi connectivity index (χ1v) is 9.31. The van der Waals surface area contributed by atoms with E-state index in [1.165, 1.54) is 18.1 Å². The first kappa shape index (κ1) is 20.7. The Kier molecular flexibility index (Phi) is 5.72. The third-order valence-corrected chi connectivity index (χ3v) is 5.55. The number of benzene rings is 1. The van der Waals surface area contributed by atoms with Crippen molar-refractivity contribution in [3.05, 3.63) is 53.1 Å². The molecule has 1 amide bonds. The molecule has 0 radical (unpaired) electrons. The van der Waals surface area contributed by atoms with E-state index in [-0.39, 0.29) is 6.04 Å². The molecule has 5 nitrogen and oxygen atoms in total. The SMILES string of the molecule is Cn1ccnc1C(O)(CC(=O)N1CCCC1Cc1ccccc1Cl)C(F)(F)F. The largest absolute Gasteiger partial charge is 0.425 e. The summed E-state index contributed by atoms with van der Waals surface area (Å²) in [6, 6.07) is 6.93. The molecule has 1 fully saturated rings. The van der Waals surface area contributed by atoms with Gasteiger partial charge in [0.05, 0.1) is 6.42 Å². The lowest BCUT2D eigenvalue weighted by molar-refractivity contribution is -0.272. The molecule has 1 saturated heterocycles. The number of halogens is 4. The highest BCUT2D eigenvalue weighted by Crippen LogP contribution is 2.41. The number of hydrogen-bond donors (Lipinski definition) is 1. The highest BCUT2D eigenvalue weighted by Gasteiger charge is 2.59. The number of nitrogens with zero attached hydrogens (tertiary/aromatic N) is 3. The molecule has 1 aliphatic rings. The van der Waals surface area contributed by atoms with Gasteiger partial charge in [0, 0.05) is 37.1 Å². The van der Waals surface area contributed by atoms with Crippen LogP contribution in [0.1, 0.15) is 30.7 Å². The molecular weight excluding hydrogens is 395 g/mol. The van der Waals surface area contributed by atoms with E-state index in [4.69, 9.17) is 11.6 Å². The van der Waals surface area contributed by atoms with E-state index in [0.717, 1.165) is 16.3 Å². The number of hydrogen-bond acceptors (Lipinski definition) is 3. The fourth-order valence-electron chi connectivity index (χ4n) is 3.68. The van der Waals surface area contributed by atoms with Crippen molar-refractivity contribution in [2.75, 3.05) is 6.54 Å². The van der Waals surface area contributed by atoms with E-state index >= 15 is 0 Å². The van der Waals surface area contributed by atoms with E-state index < -0.39 is 29.9 Å². The number of rotatable bonds is 5. The summed E-state index contributed by atoms with van der Waals surface area (Å²) in [6.07, 6.45) is -1.88. The molecule has 2 heterocycles. The van der Waals surface area contributed by atoms with Crippen molar-refractivity contribution in [3.8, 4) is 0 Å². The molecule has 0 bridgehead atoms. The summed E-state index contributed by atoms with van der Waals surface area (Å²) in [7, 11) is 1.35. The van der Waals surface area contributed by atoms with Gasteiger partial charge in [0.25, 0.3) is 0 Å². The molecule has 0 aliphatic carbocycles. The van der Waals surface area contributed by atoms with Crippen molar-refractivity contribution in [3.63, 3.8) is 0 Å². The molecule has 2 atom stereocenters. The van der Waals surface area contributed by atoms with Crippen LogP contribution in [0.4, 0.5) is 13.2 Å². The van der Waals surface area contributed by atoms with Crippen molar-refractivity contribution in [1.82, 2.24) is 14.5 Å². The summed E-state index contributed by atoms with van der Waals surface area (Å²) < 4.78 is 42.2. The molecule has 28 heavy (non-hydrogen) atoms. The van der Waals surface area contributed by atoms with Crippen LogP contribution in [0.3, 0.4) is 0 Å². The van der Waals surface area contributed by atoms with Crippen molar-refractivity contribution < 1.29 is 23.1 Å². The third-order valence-electron chi connectivity index (χ3n) is 5.18. The third kappa shape index (κ3) is 3.89. The van der Waals surface area contributed by atoms with Gasteiger partial charge in [-0.05, 0) is 30.9 Å². The quantitative estimate of drug-likeness (QED) is 0.813. The van der Waals surface area contributed by atoms with Crippen LogP contribution >= 0.6 is 11.6 Å². The molecule has 2 aromatic rings. The topological polar surface area (TPSA) is 58.4 Å². The molecule has 0 saturated carbocycles. The van der Waals surface area contributed by atoms with Crippen molar-refractivity contribution in [2.45, 2.75) is 43.5 Å². The van der Waals surface area contributed by atoms with Gasteiger partial charge < -0.3 is 14.6 Å². The number of aryl methyl sites for hydroxylation is 1. The lowest BCUT2D eigenvalue weighted by Crippen LogP contribution is -2.49. The smallest absolute Gasteiger partial charge is 0.374 e. The van der Waals surface area contributed by atoms with Gasteiger partial charge in [-0.15, -0.1) is 0 Å². The molecule has 1 N–H and O–H groups in total. The van der Waals surface area contributed by atoms with Gasteiger partial charge in [0.15, 0.2) is 5.82 Å². The standard InChI is InChI=1S/C19H21ClF3N3O2/c1-25-10-8-24-17(25)18(28,19(21,22)23)12-16(27)26-9-4-6-14(26)11-13-5-2-3-7-15(13)20/h2-3,5,7-8,10,14,28H,4,6,9,11-12H2,1H3. The zero-order chi connectivity index (χ0) is 20.5. The second-order valence-corrected chi connectivity index (χ2v) is 7.48. The van der Waals surface area contributed by atoms with Crippen LogP contribution in [0.2, 0.25) is 5.02 Å². The number of likely N-dealkylation sites (tertiary alicyclic amines) is 1. The Morgan fingerprint density at radius 2 is 2.07 bits per heavy atom. The summed E-state index contributed by atoms with van der Waals surface area (Å²) in [5.74, 6) is -1.35. The van der Waals surface area contributed by atoms with Crippen molar-refractivity contribution >= 4 is 17.5 Å². The van der Waals surface area contributed by atoms with Crippen LogP contribution < -0.4 is 0 Å². The molecule has 3 rings (SSSR count). The minimum atomic E-state index is -5.04. The highest BCUT2D eigenvalue weighted by atomic mass is 35.5. The van der Waals surface area contributed by atoms with Crippen LogP contribution in [0.15, 0.2) is 36.7 Å². The normalized spacial score (nSPS) is 19.6. The van der Waals surface area contributed by atoms with E-state index in [0.29, 0.717) is 30.8 Å². The number of aliphatic hydroxyl groups is 1. The summed E-state index contributed by atoms with van der Waals surface area (Å²) in [6.45, 7) is 0.350. The summed E-state index contributed by atoms with van der Waals surface area (Å²) in [5.41, 5.74) is -2.51. The molecular formula is C19H21ClF3N3O2. The van der Waals surface area contributed by atoms with E-state index in [2.05, 4.69) is 4.98 Å². The first-order valence-electron chi connectivity index (χ1n) is 8.93.